The van der Waals surface area contributed by atoms with E-state index in [0.717, 1.165) is 83.7 Å². The van der Waals surface area contributed by atoms with Crippen LogP contribution in [-0.4, -0.2) is 47.7 Å². The number of hydrogen-bond donors (Lipinski definition) is 2. The summed E-state index contributed by atoms with van der Waals surface area (Å²) in [5.41, 5.74) is 0. The van der Waals surface area contributed by atoms with Crippen molar-refractivity contribution in [3.63, 3.8) is 0 Å². The van der Waals surface area contributed by atoms with Crippen LogP contribution in [0.2, 0.25) is 0 Å². The molecule has 0 aromatic heterocycles. The van der Waals surface area contributed by atoms with E-state index >= 15 is 0 Å². The summed E-state index contributed by atoms with van der Waals surface area (Å²) in [6, 6.07) is 0. The van der Waals surface area contributed by atoms with Crippen molar-refractivity contribution in [2.45, 2.75) is 83.5 Å². The van der Waals surface area contributed by atoms with Gasteiger partial charge in [0.25, 0.3) is 0 Å². The zero-order valence-corrected chi connectivity index (χ0v) is 15.4. The van der Waals surface area contributed by atoms with E-state index in [1.54, 1.807) is 0 Å². The van der Waals surface area contributed by atoms with Crippen molar-refractivity contribution in [1.29, 1.82) is 0 Å². The van der Waals surface area contributed by atoms with Gasteiger partial charge in [0.05, 0.1) is 0 Å². The van der Waals surface area contributed by atoms with Crippen molar-refractivity contribution in [3.8, 4) is 0 Å². The first kappa shape index (κ1) is 23.3. The number of carbonyl (C=O) groups is 2. The fourth-order valence-corrected chi connectivity index (χ4v) is 2.33. The zero-order chi connectivity index (χ0) is 18.6. The van der Waals surface area contributed by atoms with Crippen molar-refractivity contribution in [3.05, 3.63) is 0 Å². The standard InChI is InChI=1S/C19H34N2O4/c22-18(23)12-6-1-3-8-14-20-16-10-5-11-17-21-15-9-4-2-7-13-19(24)25/h16-17H,1-15H2,(H,22,23)(H,24,25)/b20-16+,21-17+. The molecule has 0 atom stereocenters. The summed E-state index contributed by atoms with van der Waals surface area (Å²) in [6.45, 7) is 1.67. The summed E-state index contributed by atoms with van der Waals surface area (Å²) in [4.78, 5) is 29.4. The van der Waals surface area contributed by atoms with Crippen LogP contribution < -0.4 is 0 Å². The second-order valence-corrected chi connectivity index (χ2v) is 6.22. The fourth-order valence-electron chi connectivity index (χ4n) is 2.33. The van der Waals surface area contributed by atoms with Crippen LogP contribution in [0.1, 0.15) is 83.5 Å². The van der Waals surface area contributed by atoms with Gasteiger partial charge in [-0.15, -0.1) is 0 Å². The predicted molar refractivity (Wildman–Crippen MR) is 102 cm³/mol. The predicted octanol–water partition coefficient (Wildman–Crippen LogP) is 4.37. The molecule has 0 bridgehead atoms. The number of rotatable bonds is 18. The Balaban J connectivity index is 3.21. The number of carboxylic acids is 2. The average molecular weight is 354 g/mol. The molecule has 6 nitrogen and oxygen atoms in total. The Morgan fingerprint density at radius 3 is 1.40 bits per heavy atom. The van der Waals surface area contributed by atoms with Crippen LogP contribution >= 0.6 is 0 Å². The third-order valence-corrected chi connectivity index (χ3v) is 3.78. The van der Waals surface area contributed by atoms with Gasteiger partial charge in [-0.1, -0.05) is 25.7 Å². The molecular formula is C19H34N2O4. The molecule has 0 aromatic rings. The third-order valence-electron chi connectivity index (χ3n) is 3.78. The van der Waals surface area contributed by atoms with E-state index in [2.05, 4.69) is 9.98 Å². The molecule has 0 aliphatic rings. The van der Waals surface area contributed by atoms with Crippen molar-refractivity contribution in [2.75, 3.05) is 13.1 Å². The van der Waals surface area contributed by atoms with Gasteiger partial charge in [-0.2, -0.15) is 0 Å². The summed E-state index contributed by atoms with van der Waals surface area (Å²) in [5.74, 6) is -1.42. The van der Waals surface area contributed by atoms with Crippen LogP contribution in [0, 0.1) is 0 Å². The molecule has 0 heterocycles. The molecule has 0 spiro atoms. The van der Waals surface area contributed by atoms with Gasteiger partial charge in [0.15, 0.2) is 0 Å². The molecular weight excluding hydrogens is 320 g/mol. The molecule has 144 valence electrons. The number of nitrogens with zero attached hydrogens (tertiary/aromatic N) is 2. The summed E-state index contributed by atoms with van der Waals surface area (Å²) in [6.07, 6.45) is 15.1. The molecule has 0 fully saturated rings. The molecule has 0 unspecified atom stereocenters. The summed E-state index contributed by atoms with van der Waals surface area (Å²) in [5, 5.41) is 17.0. The fraction of sp³-hybridized carbons (Fsp3) is 0.789. The Kier molecular flexibility index (Phi) is 17.3. The largest absolute Gasteiger partial charge is 0.481 e. The minimum atomic E-state index is -0.711. The summed E-state index contributed by atoms with van der Waals surface area (Å²) < 4.78 is 0. The Morgan fingerprint density at radius 2 is 1.00 bits per heavy atom. The first-order chi connectivity index (χ1) is 12.1. The molecule has 0 aromatic carbocycles. The Bertz CT molecular complexity index is 359. The van der Waals surface area contributed by atoms with Crippen LogP contribution in [0.15, 0.2) is 9.98 Å². The Hall–Kier alpha value is -1.72. The third kappa shape index (κ3) is 22.3. The quantitative estimate of drug-likeness (QED) is 0.282. The molecule has 0 saturated heterocycles. The second-order valence-electron chi connectivity index (χ2n) is 6.22. The lowest BCUT2D eigenvalue weighted by molar-refractivity contribution is -0.138. The number of aliphatic imine (C=N–C) groups is 2. The van der Waals surface area contributed by atoms with Gasteiger partial charge in [0.2, 0.25) is 0 Å². The SMILES string of the molecule is O=C(O)CCCCCC/N=C/CCC/C=N/CCCCCCC(=O)O. The lowest BCUT2D eigenvalue weighted by Gasteiger charge is -1.97. The first-order valence-corrected chi connectivity index (χ1v) is 9.53. The van der Waals surface area contributed by atoms with Gasteiger partial charge < -0.3 is 10.2 Å². The smallest absolute Gasteiger partial charge is 0.303 e. The van der Waals surface area contributed by atoms with E-state index in [4.69, 9.17) is 10.2 Å². The lowest BCUT2D eigenvalue weighted by Crippen LogP contribution is -1.94. The maximum atomic E-state index is 10.3. The highest BCUT2D eigenvalue weighted by Gasteiger charge is 1.96. The molecule has 0 aliphatic carbocycles. The highest BCUT2D eigenvalue weighted by atomic mass is 16.4. The van der Waals surface area contributed by atoms with Crippen LogP contribution in [0.3, 0.4) is 0 Å². The van der Waals surface area contributed by atoms with Gasteiger partial charge in [-0.25, -0.2) is 0 Å². The lowest BCUT2D eigenvalue weighted by atomic mass is 10.1. The number of hydrogen-bond acceptors (Lipinski definition) is 4. The van der Waals surface area contributed by atoms with E-state index in [0.29, 0.717) is 0 Å². The minimum absolute atomic E-state index is 0.273. The molecule has 0 rings (SSSR count). The first-order valence-electron chi connectivity index (χ1n) is 9.53. The van der Waals surface area contributed by atoms with Crippen molar-refractivity contribution >= 4 is 24.4 Å². The molecule has 0 radical (unpaired) electrons. The van der Waals surface area contributed by atoms with Crippen molar-refractivity contribution in [2.24, 2.45) is 9.98 Å². The Morgan fingerprint density at radius 1 is 0.600 bits per heavy atom. The zero-order valence-electron chi connectivity index (χ0n) is 15.4. The number of carboxylic acid groups (broad SMARTS) is 2. The molecule has 6 heteroatoms. The molecule has 25 heavy (non-hydrogen) atoms. The van der Waals surface area contributed by atoms with Crippen LogP contribution in [0.5, 0.6) is 0 Å². The van der Waals surface area contributed by atoms with Gasteiger partial charge >= 0.3 is 11.9 Å². The average Bonchev–Trinajstić information content (AvgIpc) is 2.56. The minimum Gasteiger partial charge on any atom is -0.481 e. The van der Waals surface area contributed by atoms with E-state index in [-0.39, 0.29) is 12.8 Å². The molecule has 0 aliphatic heterocycles. The van der Waals surface area contributed by atoms with E-state index in [1.807, 2.05) is 12.4 Å². The van der Waals surface area contributed by atoms with Gasteiger partial charge in [-0.05, 0) is 57.4 Å². The summed E-state index contributed by atoms with van der Waals surface area (Å²) in [7, 11) is 0. The number of unbranched alkanes of at least 4 members (excludes halogenated alkanes) is 8. The highest BCUT2D eigenvalue weighted by Crippen LogP contribution is 2.04. The topological polar surface area (TPSA) is 99.3 Å². The normalized spacial score (nSPS) is 11.5. The van der Waals surface area contributed by atoms with Gasteiger partial charge in [0, 0.05) is 25.9 Å². The van der Waals surface area contributed by atoms with Gasteiger partial charge in [-0.3, -0.25) is 19.6 Å². The van der Waals surface area contributed by atoms with E-state index in [1.165, 1.54) is 0 Å². The monoisotopic (exact) mass is 354 g/mol. The second kappa shape index (κ2) is 18.6. The molecule has 0 amide bonds. The molecule has 2 N–H and O–H groups in total. The highest BCUT2D eigenvalue weighted by molar-refractivity contribution is 5.66. The van der Waals surface area contributed by atoms with Crippen LogP contribution in [0.4, 0.5) is 0 Å². The maximum absolute atomic E-state index is 10.3. The Labute approximate surface area is 151 Å². The van der Waals surface area contributed by atoms with Crippen LogP contribution in [0.25, 0.3) is 0 Å². The van der Waals surface area contributed by atoms with Crippen molar-refractivity contribution < 1.29 is 19.8 Å². The summed E-state index contributed by atoms with van der Waals surface area (Å²) >= 11 is 0. The van der Waals surface area contributed by atoms with Gasteiger partial charge in [0.1, 0.15) is 0 Å². The molecule has 0 saturated carbocycles. The number of aliphatic carboxylic acids is 2. The van der Waals surface area contributed by atoms with E-state index < -0.39 is 11.9 Å². The van der Waals surface area contributed by atoms with E-state index in [9.17, 15) is 9.59 Å². The van der Waals surface area contributed by atoms with Crippen LogP contribution in [-0.2, 0) is 9.59 Å². The van der Waals surface area contributed by atoms with Crippen molar-refractivity contribution in [1.82, 2.24) is 0 Å². The maximum Gasteiger partial charge on any atom is 0.303 e.